The Morgan fingerprint density at radius 2 is 0.667 bits per heavy atom. The number of aliphatic hydroxyl groups excluding tert-OH is 23. The summed E-state index contributed by atoms with van der Waals surface area (Å²) in [6, 6.07) is -3.85. The van der Waals surface area contributed by atoms with Gasteiger partial charge < -0.3 is 194 Å². The first-order valence-corrected chi connectivity index (χ1v) is 29.8. The van der Waals surface area contributed by atoms with Gasteiger partial charge in [-0.1, -0.05) is 0 Å². The Kier molecular flexibility index (Phi) is 28.5. The van der Waals surface area contributed by atoms with Gasteiger partial charge in [0.2, 0.25) is 11.8 Å². The second-order valence-corrected chi connectivity index (χ2v) is 23.6. The van der Waals surface area contributed by atoms with Crippen molar-refractivity contribution < 1.29 is 193 Å². The van der Waals surface area contributed by atoms with E-state index in [4.69, 9.17) is 66.3 Å². The van der Waals surface area contributed by atoms with Crippen molar-refractivity contribution >= 4 is 11.8 Å². The van der Waals surface area contributed by atoms with Crippen molar-refractivity contribution in [3.05, 3.63) is 0 Å². The Balaban J connectivity index is 1.17. The van der Waals surface area contributed by atoms with Crippen LogP contribution in [0.2, 0.25) is 0 Å². The van der Waals surface area contributed by atoms with Gasteiger partial charge in [-0.25, -0.2) is 0 Å². The van der Waals surface area contributed by atoms with Gasteiger partial charge in [0.15, 0.2) is 44.0 Å². The van der Waals surface area contributed by atoms with Crippen molar-refractivity contribution in [3.8, 4) is 0 Å². The predicted octanol–water partition coefficient (Wildman–Crippen LogP) is -16.5. The maximum absolute atomic E-state index is 13.3. The van der Waals surface area contributed by atoms with Crippen LogP contribution in [0.4, 0.5) is 0 Å². The molecule has 93 heavy (non-hydrogen) atoms. The van der Waals surface area contributed by atoms with E-state index in [1.54, 1.807) is 0 Å². The molecule has 41 heteroatoms. The summed E-state index contributed by atoms with van der Waals surface area (Å²) in [5.41, 5.74) is 0. The first-order chi connectivity index (χ1) is 43.9. The molecule has 7 fully saturated rings. The Labute approximate surface area is 528 Å². The van der Waals surface area contributed by atoms with Crippen LogP contribution < -0.4 is 10.6 Å². The van der Waals surface area contributed by atoms with Gasteiger partial charge in [0, 0.05) is 13.8 Å². The van der Waals surface area contributed by atoms with E-state index in [0.29, 0.717) is 0 Å². The number of nitrogens with one attached hydrogen (secondary N) is 2. The Hall–Kier alpha value is -2.54. The third-order valence-electron chi connectivity index (χ3n) is 17.0. The smallest absolute Gasteiger partial charge is 0.217 e. The molecule has 0 aliphatic carbocycles. The minimum atomic E-state index is -2.38. The number of carbonyl (C=O) groups excluding carboxylic acids is 2. The highest BCUT2D eigenvalue weighted by Gasteiger charge is 2.60. The highest BCUT2D eigenvalue weighted by molar-refractivity contribution is 5.73. The molecule has 7 heterocycles. The van der Waals surface area contributed by atoms with E-state index in [2.05, 4.69) is 10.6 Å². The Bertz CT molecular complexity index is 2300. The Morgan fingerprint density at radius 1 is 0.344 bits per heavy atom. The van der Waals surface area contributed by atoms with Gasteiger partial charge >= 0.3 is 0 Å². The monoisotopic (exact) mass is 1370 g/mol. The minimum absolute atomic E-state index is 0.925. The van der Waals surface area contributed by atoms with Gasteiger partial charge in [0.25, 0.3) is 0 Å². The first-order valence-electron chi connectivity index (χ1n) is 29.8. The Morgan fingerprint density at radius 3 is 1.08 bits per heavy atom. The van der Waals surface area contributed by atoms with E-state index in [0.717, 1.165) is 13.8 Å². The van der Waals surface area contributed by atoms with E-state index in [-0.39, 0.29) is 0 Å². The fourth-order valence-electron chi connectivity index (χ4n) is 11.8. The molecule has 7 aliphatic heterocycles. The van der Waals surface area contributed by atoms with E-state index in [9.17, 15) is 127 Å². The molecule has 25 N–H and O–H groups in total. The number of hydrogen-bond acceptors (Lipinski definition) is 39. The standard InChI is InChI=1S/C52H90N2O39/c1-12-25(66)32(73)34(75)48(80-12)90-42-24(54-15(4)63)47(86-22(11-61)41(42)89-52-38(79)45(30(71)20(9-59)84-52)93-49-35(76)33(74)26(67)13(2)81-49)92-44-29(70)19(8-58)83-51(37(44)78)88-40-21(10-60)85-46(23(31(40)72)53-14(3)62)91-43-28(69)18(7-57)82-50(36(43)77)87-39(17(65)6-56)27(68)16(64)5-55/h12-13,16-52,55-61,64-79H,5-11H2,1-4H3,(H,53,62)(H,54,63)/t12-,13-,16-,17+,18+,19+,20+,21+,22+,23+,24+,25+,26+,27+,28-,29-,30-,31+,32+,33+,34-,35-,36+,37+,38+,39+,40+,41+,42+,43-,44-,45-,46-,47-,48-,49-,50-,51-,52-/m0/s1. The predicted molar refractivity (Wildman–Crippen MR) is 287 cm³/mol. The number of carbonyl (C=O) groups is 2. The molecule has 7 saturated heterocycles. The molecule has 0 aromatic carbocycles. The molecule has 7 rings (SSSR count). The number of hydrogen-bond donors (Lipinski definition) is 25. The molecule has 41 nitrogen and oxygen atoms in total. The number of rotatable bonds is 26. The van der Waals surface area contributed by atoms with Gasteiger partial charge in [-0.05, 0) is 13.8 Å². The zero-order valence-corrected chi connectivity index (χ0v) is 50.3. The van der Waals surface area contributed by atoms with E-state index < -0.39 is 297 Å². The lowest BCUT2D eigenvalue weighted by Gasteiger charge is -2.52. The molecule has 2 amide bonds. The third kappa shape index (κ3) is 17.2. The van der Waals surface area contributed by atoms with E-state index in [1.807, 2.05) is 0 Å². The molecule has 0 aromatic heterocycles. The summed E-state index contributed by atoms with van der Waals surface area (Å²) in [5, 5.41) is 254. The molecule has 0 bridgehead atoms. The van der Waals surface area contributed by atoms with Crippen molar-refractivity contribution in [2.45, 2.75) is 267 Å². The highest BCUT2D eigenvalue weighted by atomic mass is 16.8. The third-order valence-corrected chi connectivity index (χ3v) is 17.0. The fraction of sp³-hybridized carbons (Fsp3) is 0.962. The van der Waals surface area contributed by atoms with Gasteiger partial charge in [-0.15, -0.1) is 0 Å². The van der Waals surface area contributed by atoms with Crippen molar-refractivity contribution in [2.75, 3.05) is 46.2 Å². The van der Waals surface area contributed by atoms with Crippen LogP contribution in [0.15, 0.2) is 0 Å². The molecule has 0 aromatic rings. The summed E-state index contributed by atoms with van der Waals surface area (Å²) < 4.78 is 82.1. The number of amides is 2. The van der Waals surface area contributed by atoms with Crippen molar-refractivity contribution in [1.82, 2.24) is 10.6 Å². The van der Waals surface area contributed by atoms with Crippen LogP contribution >= 0.6 is 0 Å². The molecule has 7 aliphatic rings. The van der Waals surface area contributed by atoms with Gasteiger partial charge in [-0.3, -0.25) is 9.59 Å². The first kappa shape index (κ1) is 77.8. The lowest BCUT2D eigenvalue weighted by atomic mass is 9.93. The quantitative estimate of drug-likeness (QED) is 0.0382. The average Bonchev–Trinajstić information content (AvgIpc) is 0.769. The maximum atomic E-state index is 13.3. The molecule has 0 radical (unpaired) electrons. The summed E-state index contributed by atoms with van der Waals surface area (Å²) in [4.78, 5) is 26.1. The van der Waals surface area contributed by atoms with E-state index in [1.165, 1.54) is 13.8 Å². The summed E-state index contributed by atoms with van der Waals surface area (Å²) in [5.74, 6) is -1.88. The largest absolute Gasteiger partial charge is 0.394 e. The molecule has 39 atom stereocenters. The van der Waals surface area contributed by atoms with Gasteiger partial charge in [0.1, 0.15) is 183 Å². The minimum Gasteiger partial charge on any atom is -0.394 e. The molecular formula is C52H90N2O39. The van der Waals surface area contributed by atoms with E-state index >= 15 is 0 Å². The topological polar surface area (TPSA) is 653 Å². The fourth-order valence-corrected chi connectivity index (χ4v) is 11.8. The van der Waals surface area contributed by atoms with Crippen LogP contribution in [-0.2, 0) is 75.9 Å². The normalized spacial score (nSPS) is 48.1. The molecular weight excluding hydrogens is 1280 g/mol. The lowest BCUT2D eigenvalue weighted by molar-refractivity contribution is -0.397. The number of ether oxygens (including phenoxy) is 14. The van der Waals surface area contributed by atoms with Crippen LogP contribution in [0.1, 0.15) is 27.7 Å². The van der Waals surface area contributed by atoms with Gasteiger partial charge in [0.05, 0.1) is 58.5 Å². The zero-order chi connectivity index (χ0) is 68.9. The molecule has 0 unspecified atom stereocenters. The van der Waals surface area contributed by atoms with Crippen LogP contribution in [0.3, 0.4) is 0 Å². The molecule has 542 valence electrons. The molecule has 0 spiro atoms. The SMILES string of the molecule is CC(=O)N[C@H]1[C@H](O[C@H]2[C@@H](O)[C@@H](CO)O[C@@H](O[C@@H]([C@H](O)[C@@H](O)CO)[C@H](O)CO)[C@@H]2O)O[C@H](CO)[C@@H](O[C@@H]2O[C@H](CO)[C@H](O)[C@H](O[C@@H]3O[C@H](CO)[C@@H](O[C@@H]4O[C@H](CO)[C@H](O)[C@H](O[C@@H]5O[C@@H](C)[C@@H](O)[C@@H](O)[C@@H]5O)[C@H]4O)[C@H](O[C@@H]4O[C@@H](C)[C@@H](O)[C@@H](O)[C@@H]4O)[C@H]3NC(C)=O)[C@H]2O)[C@@H]1O. The van der Waals surface area contributed by atoms with Crippen molar-refractivity contribution in [3.63, 3.8) is 0 Å². The highest BCUT2D eigenvalue weighted by Crippen LogP contribution is 2.39. The number of aliphatic hydroxyl groups is 23. The molecule has 0 saturated carbocycles. The average molecular weight is 1370 g/mol. The summed E-state index contributed by atoms with van der Waals surface area (Å²) in [6.07, 6.45) is -73.5. The summed E-state index contributed by atoms with van der Waals surface area (Å²) in [6.45, 7) is -3.30. The van der Waals surface area contributed by atoms with Crippen LogP contribution in [-0.4, -0.2) is 415 Å². The van der Waals surface area contributed by atoms with Crippen molar-refractivity contribution in [2.24, 2.45) is 0 Å². The second kappa shape index (κ2) is 34.0. The van der Waals surface area contributed by atoms with Gasteiger partial charge in [-0.2, -0.15) is 0 Å². The lowest BCUT2D eigenvalue weighted by Crippen LogP contribution is -2.71. The summed E-state index contributed by atoms with van der Waals surface area (Å²) >= 11 is 0. The van der Waals surface area contributed by atoms with Crippen molar-refractivity contribution in [1.29, 1.82) is 0 Å². The second-order valence-electron chi connectivity index (χ2n) is 23.6. The maximum Gasteiger partial charge on any atom is 0.217 e. The van der Waals surface area contributed by atoms with Crippen LogP contribution in [0.5, 0.6) is 0 Å². The van der Waals surface area contributed by atoms with Crippen LogP contribution in [0.25, 0.3) is 0 Å². The summed E-state index contributed by atoms with van der Waals surface area (Å²) in [7, 11) is 0. The van der Waals surface area contributed by atoms with Crippen LogP contribution in [0, 0.1) is 0 Å². The zero-order valence-electron chi connectivity index (χ0n) is 50.3.